The van der Waals surface area contributed by atoms with Crippen molar-refractivity contribution in [2.24, 2.45) is 0 Å². The molecule has 2 aromatic rings. The Bertz CT molecular complexity index is 1230. The molecular weight excluding hydrogens is 502 g/mol. The monoisotopic (exact) mass is 529 g/mol. The van der Waals surface area contributed by atoms with Crippen LogP contribution >= 0.6 is 11.8 Å². The smallest absolute Gasteiger partial charge is 0.243 e. The first-order valence-electron chi connectivity index (χ1n) is 10.3. The van der Waals surface area contributed by atoms with Crippen molar-refractivity contribution in [3.05, 3.63) is 42.5 Å². The highest BCUT2D eigenvalue weighted by Gasteiger charge is 2.28. The number of ether oxygens (including phenoxy) is 2. The normalized spacial score (nSPS) is 15.3. The summed E-state index contributed by atoms with van der Waals surface area (Å²) in [7, 11) is -5.01. The van der Waals surface area contributed by atoms with Crippen LogP contribution in [0.4, 0.5) is 5.69 Å². The number of likely N-dealkylation sites (N-methyl/N-ethyl adjacent to an activating group) is 1. The fraction of sp³-hybridized carbons (Fsp3) is 0.381. The Kier molecular flexibility index (Phi) is 8.60. The van der Waals surface area contributed by atoms with Gasteiger partial charge in [-0.05, 0) is 48.7 Å². The average Bonchev–Trinajstić information content (AvgIpc) is 2.84. The molecule has 0 spiro atoms. The Morgan fingerprint density at radius 1 is 1.09 bits per heavy atom. The number of carbonyl (C=O) groups is 1. The van der Waals surface area contributed by atoms with E-state index in [1.807, 2.05) is 6.26 Å². The summed E-state index contributed by atoms with van der Waals surface area (Å²) in [6.45, 7) is 0.600. The van der Waals surface area contributed by atoms with Crippen molar-refractivity contribution in [1.82, 2.24) is 8.61 Å². The molecule has 1 N–H and O–H groups in total. The largest absolute Gasteiger partial charge is 0.495 e. The molecular formula is C21H27N3O7S3. The van der Waals surface area contributed by atoms with Gasteiger partial charge in [0.05, 0.1) is 42.3 Å². The Balaban J connectivity index is 1.77. The van der Waals surface area contributed by atoms with Gasteiger partial charge in [-0.2, -0.15) is 8.61 Å². The Morgan fingerprint density at radius 2 is 1.71 bits per heavy atom. The molecule has 1 saturated heterocycles. The van der Waals surface area contributed by atoms with Gasteiger partial charge in [-0.1, -0.05) is 0 Å². The second kappa shape index (κ2) is 11.1. The van der Waals surface area contributed by atoms with Crippen molar-refractivity contribution < 1.29 is 31.1 Å². The Morgan fingerprint density at radius 3 is 2.29 bits per heavy atom. The molecule has 0 radical (unpaired) electrons. The number of hydrogen-bond acceptors (Lipinski definition) is 8. The first-order chi connectivity index (χ1) is 16.1. The first-order valence-corrected chi connectivity index (χ1v) is 14.4. The quantitative estimate of drug-likeness (QED) is 0.487. The van der Waals surface area contributed by atoms with Crippen LogP contribution in [0.3, 0.4) is 0 Å². The lowest BCUT2D eigenvalue weighted by Gasteiger charge is -2.26. The summed E-state index contributed by atoms with van der Waals surface area (Å²) in [4.78, 5) is 13.6. The third-order valence-electron chi connectivity index (χ3n) is 5.19. The molecule has 0 aromatic heterocycles. The van der Waals surface area contributed by atoms with Crippen molar-refractivity contribution in [3.8, 4) is 5.75 Å². The molecule has 13 heteroatoms. The van der Waals surface area contributed by atoms with Crippen LogP contribution in [0.5, 0.6) is 5.75 Å². The number of nitrogens with zero attached hydrogens (tertiary/aromatic N) is 2. The predicted molar refractivity (Wildman–Crippen MR) is 129 cm³/mol. The van der Waals surface area contributed by atoms with E-state index in [4.69, 9.17) is 9.47 Å². The maximum absolute atomic E-state index is 13.0. The molecule has 1 aliphatic heterocycles. The zero-order valence-electron chi connectivity index (χ0n) is 19.1. The third kappa shape index (κ3) is 5.90. The van der Waals surface area contributed by atoms with Gasteiger partial charge in [0.25, 0.3) is 0 Å². The number of benzene rings is 2. The lowest BCUT2D eigenvalue weighted by molar-refractivity contribution is -0.116. The van der Waals surface area contributed by atoms with Gasteiger partial charge in [-0.15, -0.1) is 11.8 Å². The number of nitrogens with one attached hydrogen (secondary N) is 1. The van der Waals surface area contributed by atoms with E-state index in [0.717, 1.165) is 9.20 Å². The lowest BCUT2D eigenvalue weighted by Crippen LogP contribution is -2.40. The van der Waals surface area contributed by atoms with Crippen LogP contribution in [0.1, 0.15) is 0 Å². The molecule has 1 aliphatic rings. The molecule has 2 aromatic carbocycles. The van der Waals surface area contributed by atoms with Crippen LogP contribution in [-0.4, -0.2) is 84.6 Å². The number of methoxy groups -OCH3 is 1. The molecule has 0 bridgehead atoms. The van der Waals surface area contributed by atoms with E-state index in [-0.39, 0.29) is 34.3 Å². The van der Waals surface area contributed by atoms with E-state index < -0.39 is 32.5 Å². The van der Waals surface area contributed by atoms with Gasteiger partial charge in [-0.25, -0.2) is 16.8 Å². The summed E-state index contributed by atoms with van der Waals surface area (Å²) >= 11 is 1.49. The van der Waals surface area contributed by atoms with Crippen molar-refractivity contribution in [3.63, 3.8) is 0 Å². The molecule has 186 valence electrons. The van der Waals surface area contributed by atoms with Gasteiger partial charge in [-0.3, -0.25) is 4.79 Å². The molecule has 1 amide bonds. The molecule has 10 nitrogen and oxygen atoms in total. The minimum Gasteiger partial charge on any atom is -0.495 e. The van der Waals surface area contributed by atoms with Gasteiger partial charge in [0.1, 0.15) is 5.75 Å². The number of amides is 1. The van der Waals surface area contributed by atoms with Crippen molar-refractivity contribution in [2.45, 2.75) is 14.7 Å². The molecule has 3 rings (SSSR count). The van der Waals surface area contributed by atoms with E-state index in [1.54, 1.807) is 12.1 Å². The zero-order chi connectivity index (χ0) is 24.9. The molecule has 0 aliphatic carbocycles. The van der Waals surface area contributed by atoms with E-state index in [1.165, 1.54) is 60.6 Å². The first kappa shape index (κ1) is 26.4. The van der Waals surface area contributed by atoms with E-state index >= 15 is 0 Å². The van der Waals surface area contributed by atoms with Gasteiger partial charge in [0, 0.05) is 25.0 Å². The molecule has 1 fully saturated rings. The number of rotatable bonds is 9. The highest BCUT2D eigenvalue weighted by atomic mass is 32.2. The second-order valence-electron chi connectivity index (χ2n) is 7.36. The summed E-state index contributed by atoms with van der Waals surface area (Å²) in [5.74, 6) is -0.404. The SMILES string of the molecule is COc1ccc(S(=O)(=O)N2CCOCC2)cc1NC(=O)CN(C)S(=O)(=O)c1ccc(SC)cc1. The van der Waals surface area contributed by atoms with Crippen molar-refractivity contribution >= 4 is 43.4 Å². The van der Waals surface area contributed by atoms with Gasteiger partial charge < -0.3 is 14.8 Å². The lowest BCUT2D eigenvalue weighted by atomic mass is 10.3. The van der Waals surface area contributed by atoms with Crippen LogP contribution < -0.4 is 10.1 Å². The average molecular weight is 530 g/mol. The third-order valence-corrected chi connectivity index (χ3v) is 9.64. The number of anilines is 1. The fourth-order valence-corrected chi connectivity index (χ4v) is 6.26. The summed E-state index contributed by atoms with van der Waals surface area (Å²) in [6, 6.07) is 10.5. The van der Waals surface area contributed by atoms with Crippen LogP contribution in [-0.2, 0) is 29.6 Å². The number of thioether (sulfide) groups is 1. The highest BCUT2D eigenvalue weighted by molar-refractivity contribution is 7.98. The number of morpholine rings is 1. The van der Waals surface area contributed by atoms with Crippen molar-refractivity contribution in [1.29, 1.82) is 0 Å². The zero-order valence-corrected chi connectivity index (χ0v) is 21.5. The standard InChI is InChI=1S/C21H27N3O7S3/c1-23(33(26,27)17-6-4-16(32-3)5-7-17)15-21(25)22-19-14-18(8-9-20(19)30-2)34(28,29)24-10-12-31-13-11-24/h4-9,14H,10-13,15H2,1-3H3,(H,22,25). The van der Waals surface area contributed by atoms with Gasteiger partial charge in [0.15, 0.2) is 0 Å². The summed E-state index contributed by atoms with van der Waals surface area (Å²) in [6.07, 6.45) is 1.88. The molecule has 0 unspecified atom stereocenters. The van der Waals surface area contributed by atoms with Crippen LogP contribution in [0.25, 0.3) is 0 Å². The van der Waals surface area contributed by atoms with Crippen LogP contribution in [0.2, 0.25) is 0 Å². The predicted octanol–water partition coefficient (Wildman–Crippen LogP) is 1.70. The summed E-state index contributed by atoms with van der Waals surface area (Å²) in [5, 5.41) is 2.57. The van der Waals surface area contributed by atoms with Gasteiger partial charge >= 0.3 is 0 Å². The Hall–Kier alpha value is -2.16. The van der Waals surface area contributed by atoms with Crippen LogP contribution in [0, 0.1) is 0 Å². The summed E-state index contributed by atoms with van der Waals surface area (Å²) < 4.78 is 64.3. The highest BCUT2D eigenvalue weighted by Crippen LogP contribution is 2.29. The van der Waals surface area contributed by atoms with E-state index in [2.05, 4.69) is 5.32 Å². The number of carbonyl (C=O) groups excluding carboxylic acids is 1. The summed E-state index contributed by atoms with van der Waals surface area (Å²) in [5.41, 5.74) is 0.122. The maximum Gasteiger partial charge on any atom is 0.243 e. The molecule has 1 heterocycles. The fourth-order valence-electron chi connectivity index (χ4n) is 3.29. The topological polar surface area (TPSA) is 122 Å². The van der Waals surface area contributed by atoms with Crippen molar-refractivity contribution in [2.75, 3.05) is 58.6 Å². The van der Waals surface area contributed by atoms with E-state index in [9.17, 15) is 21.6 Å². The molecule has 0 saturated carbocycles. The minimum absolute atomic E-state index is 0.0136. The Labute approximate surface area is 204 Å². The van der Waals surface area contributed by atoms with E-state index in [0.29, 0.717) is 13.2 Å². The number of sulfonamides is 2. The second-order valence-corrected chi connectivity index (χ2v) is 12.2. The minimum atomic E-state index is -3.90. The molecule has 34 heavy (non-hydrogen) atoms. The van der Waals surface area contributed by atoms with Crippen LogP contribution in [0.15, 0.2) is 57.2 Å². The molecule has 0 atom stereocenters. The van der Waals surface area contributed by atoms with Gasteiger partial charge in [0.2, 0.25) is 26.0 Å². The number of hydrogen-bond donors (Lipinski definition) is 1. The maximum atomic E-state index is 13.0.